The molecule has 0 atom stereocenters. The first-order chi connectivity index (χ1) is 6.38. The maximum Gasteiger partial charge on any atom is 0.161 e. The van der Waals surface area contributed by atoms with Crippen LogP contribution in [-0.2, 0) is 0 Å². The van der Waals surface area contributed by atoms with E-state index < -0.39 is 0 Å². The van der Waals surface area contributed by atoms with E-state index in [0.717, 1.165) is 11.5 Å². The highest BCUT2D eigenvalue weighted by molar-refractivity contribution is 7.78. The smallest absolute Gasteiger partial charge is 0.161 e. The first kappa shape index (κ1) is 9.71. The Morgan fingerprint density at radius 2 is 1.54 bits per heavy atom. The van der Waals surface area contributed by atoms with Crippen LogP contribution in [0.5, 0.6) is 11.5 Å². The third kappa shape index (κ3) is 2.86. The first-order valence-corrected chi connectivity index (χ1v) is 4.18. The molecule has 0 saturated heterocycles. The van der Waals surface area contributed by atoms with Crippen LogP contribution in [0.15, 0.2) is 24.3 Å². The number of fused-ring (bicyclic) bond motifs is 1. The van der Waals surface area contributed by atoms with Crippen molar-refractivity contribution in [3.05, 3.63) is 24.3 Å². The van der Waals surface area contributed by atoms with Crippen LogP contribution in [-0.4, -0.2) is 18.4 Å². The van der Waals surface area contributed by atoms with Gasteiger partial charge < -0.3 is 9.47 Å². The van der Waals surface area contributed by atoms with Gasteiger partial charge in [0.25, 0.3) is 0 Å². The van der Waals surface area contributed by atoms with Crippen molar-refractivity contribution in [2.45, 2.75) is 0 Å². The van der Waals surface area contributed by atoms with Crippen LogP contribution in [0.25, 0.3) is 0 Å². The SMILES string of the molecule is N=C=S.c1ccc2c(c1)OCCO2. The van der Waals surface area contributed by atoms with Gasteiger partial charge in [0.15, 0.2) is 11.5 Å². The molecule has 1 aliphatic heterocycles. The number of rotatable bonds is 0. The van der Waals surface area contributed by atoms with Crippen LogP contribution < -0.4 is 9.47 Å². The minimum atomic E-state index is 0.664. The Morgan fingerprint density at radius 3 is 1.92 bits per heavy atom. The summed E-state index contributed by atoms with van der Waals surface area (Å²) >= 11 is 3.81. The highest BCUT2D eigenvalue weighted by Gasteiger charge is 2.07. The summed E-state index contributed by atoms with van der Waals surface area (Å²) in [5.41, 5.74) is 0. The van der Waals surface area contributed by atoms with Crippen LogP contribution in [0, 0.1) is 5.41 Å². The molecule has 0 bridgehead atoms. The molecule has 4 heteroatoms. The Balaban J connectivity index is 0.000000251. The lowest BCUT2D eigenvalue weighted by Crippen LogP contribution is -2.14. The van der Waals surface area contributed by atoms with Crippen molar-refractivity contribution in [2.24, 2.45) is 0 Å². The Labute approximate surface area is 81.8 Å². The van der Waals surface area contributed by atoms with Crippen LogP contribution in [0.4, 0.5) is 0 Å². The van der Waals surface area contributed by atoms with Crippen LogP contribution >= 0.6 is 12.2 Å². The highest BCUT2D eigenvalue weighted by Crippen LogP contribution is 2.28. The van der Waals surface area contributed by atoms with Gasteiger partial charge in [0.1, 0.15) is 13.2 Å². The van der Waals surface area contributed by atoms with Gasteiger partial charge >= 0.3 is 0 Å². The number of para-hydroxylation sites is 2. The molecule has 13 heavy (non-hydrogen) atoms. The average Bonchev–Trinajstić information content (AvgIpc) is 2.19. The lowest BCUT2D eigenvalue weighted by molar-refractivity contribution is 0.171. The molecule has 68 valence electrons. The van der Waals surface area contributed by atoms with Crippen molar-refractivity contribution >= 4 is 17.4 Å². The second kappa shape index (κ2) is 5.30. The van der Waals surface area contributed by atoms with Gasteiger partial charge in [-0.05, 0) is 24.4 Å². The summed E-state index contributed by atoms with van der Waals surface area (Å²) in [5.74, 6) is 1.71. The van der Waals surface area contributed by atoms with Gasteiger partial charge in [-0.3, -0.25) is 0 Å². The molecule has 0 spiro atoms. The van der Waals surface area contributed by atoms with Gasteiger partial charge in [-0.25, -0.2) is 5.41 Å². The van der Waals surface area contributed by atoms with Crippen molar-refractivity contribution in [3.8, 4) is 11.5 Å². The fraction of sp³-hybridized carbons (Fsp3) is 0.222. The first-order valence-electron chi connectivity index (χ1n) is 3.77. The number of ether oxygens (including phenoxy) is 2. The second-order valence-electron chi connectivity index (χ2n) is 2.25. The number of hydrogen-bond acceptors (Lipinski definition) is 4. The maximum atomic E-state index is 5.77. The van der Waals surface area contributed by atoms with Crippen molar-refractivity contribution < 1.29 is 9.47 Å². The Kier molecular flexibility index (Phi) is 3.96. The highest BCUT2D eigenvalue weighted by atomic mass is 32.1. The van der Waals surface area contributed by atoms with E-state index in [4.69, 9.17) is 14.9 Å². The quantitative estimate of drug-likeness (QED) is 0.509. The summed E-state index contributed by atoms with van der Waals surface area (Å²) < 4.78 is 10.6. The summed E-state index contributed by atoms with van der Waals surface area (Å²) in [5, 5.41) is 7.36. The van der Waals surface area contributed by atoms with Crippen LogP contribution in [0.2, 0.25) is 0 Å². The fourth-order valence-corrected chi connectivity index (χ4v) is 0.992. The van der Waals surface area contributed by atoms with Crippen LogP contribution in [0.3, 0.4) is 0 Å². The van der Waals surface area contributed by atoms with E-state index in [1.165, 1.54) is 0 Å². The Hall–Kier alpha value is -1.38. The van der Waals surface area contributed by atoms with Gasteiger partial charge in [-0.1, -0.05) is 12.1 Å². The summed E-state index contributed by atoms with van der Waals surface area (Å²) in [7, 11) is 0. The third-order valence-corrected chi connectivity index (χ3v) is 1.45. The summed E-state index contributed by atoms with van der Waals surface area (Å²) in [6.45, 7) is 1.33. The maximum absolute atomic E-state index is 5.77. The van der Waals surface area contributed by atoms with Gasteiger partial charge in [-0.2, -0.15) is 0 Å². The van der Waals surface area contributed by atoms with Crippen molar-refractivity contribution in [2.75, 3.05) is 13.2 Å². The van der Waals surface area contributed by atoms with E-state index in [1.807, 2.05) is 24.3 Å². The lowest BCUT2D eigenvalue weighted by Gasteiger charge is -2.17. The minimum Gasteiger partial charge on any atom is -0.486 e. The molecule has 3 nitrogen and oxygen atoms in total. The van der Waals surface area contributed by atoms with Gasteiger partial charge in [0, 0.05) is 0 Å². The molecule has 1 heterocycles. The van der Waals surface area contributed by atoms with E-state index in [2.05, 4.69) is 12.2 Å². The van der Waals surface area contributed by atoms with Crippen LogP contribution in [0.1, 0.15) is 0 Å². The van der Waals surface area contributed by atoms with E-state index in [0.29, 0.717) is 13.2 Å². The van der Waals surface area contributed by atoms with E-state index in [1.54, 1.807) is 5.16 Å². The normalized spacial score (nSPS) is 12.0. The summed E-state index contributed by atoms with van der Waals surface area (Å²) in [4.78, 5) is 0. The molecule has 1 aromatic rings. The zero-order chi connectivity index (χ0) is 9.52. The molecule has 2 rings (SSSR count). The van der Waals surface area contributed by atoms with Crippen molar-refractivity contribution in [3.63, 3.8) is 0 Å². The molecule has 0 amide bonds. The van der Waals surface area contributed by atoms with Crippen molar-refractivity contribution in [1.29, 1.82) is 5.41 Å². The number of thiocarbonyl (C=S) groups is 1. The molecule has 0 aliphatic carbocycles. The number of benzene rings is 1. The molecule has 0 radical (unpaired) electrons. The Morgan fingerprint density at radius 1 is 1.15 bits per heavy atom. The monoisotopic (exact) mass is 195 g/mol. The van der Waals surface area contributed by atoms with E-state index >= 15 is 0 Å². The topological polar surface area (TPSA) is 42.3 Å². The standard InChI is InChI=1S/C8H8O2.CHNS/c1-2-4-8-7(3-1)9-5-6-10-8;2-1-3/h1-4H,5-6H2;2H. The molecule has 0 unspecified atom stereocenters. The van der Waals surface area contributed by atoms with E-state index in [-0.39, 0.29) is 0 Å². The summed E-state index contributed by atoms with van der Waals surface area (Å²) in [6.07, 6.45) is 0. The van der Waals surface area contributed by atoms with Crippen molar-refractivity contribution in [1.82, 2.24) is 0 Å². The minimum absolute atomic E-state index is 0.664. The van der Waals surface area contributed by atoms with E-state index in [9.17, 15) is 0 Å². The zero-order valence-corrected chi connectivity index (χ0v) is 7.76. The molecule has 1 aliphatic rings. The molecular formula is C9H9NO2S. The molecule has 0 fully saturated rings. The predicted octanol–water partition coefficient (Wildman–Crippen LogP) is 2.13. The van der Waals surface area contributed by atoms with Gasteiger partial charge in [0.05, 0.1) is 5.16 Å². The zero-order valence-electron chi connectivity index (χ0n) is 6.95. The molecule has 0 saturated carbocycles. The number of nitrogens with one attached hydrogen (secondary N) is 1. The predicted molar refractivity (Wildman–Crippen MR) is 52.7 cm³/mol. The lowest BCUT2D eigenvalue weighted by atomic mass is 10.3. The molecule has 1 N–H and O–H groups in total. The average molecular weight is 195 g/mol. The molecule has 0 aromatic heterocycles. The van der Waals surface area contributed by atoms with Gasteiger partial charge in [0.2, 0.25) is 0 Å². The number of isothiocyanates is 1. The molecular weight excluding hydrogens is 186 g/mol. The summed E-state index contributed by atoms with van der Waals surface area (Å²) in [6, 6.07) is 7.70. The number of hydrogen-bond donors (Lipinski definition) is 1. The second-order valence-corrected chi connectivity index (χ2v) is 2.45. The Bertz CT molecular complexity index is 283. The fourth-order valence-electron chi connectivity index (χ4n) is 0.992. The third-order valence-electron chi connectivity index (χ3n) is 1.45. The largest absolute Gasteiger partial charge is 0.486 e. The molecule has 1 aromatic carbocycles. The van der Waals surface area contributed by atoms with Gasteiger partial charge in [-0.15, -0.1) is 0 Å².